The number of methoxy groups -OCH3 is 1. The van der Waals surface area contributed by atoms with Gasteiger partial charge in [-0.15, -0.1) is 11.3 Å². The van der Waals surface area contributed by atoms with Crippen LogP contribution >= 0.6 is 11.3 Å². The van der Waals surface area contributed by atoms with Crippen molar-refractivity contribution >= 4 is 21.4 Å². The Kier molecular flexibility index (Phi) is 4.39. The second-order valence-corrected chi connectivity index (χ2v) is 7.18. The lowest BCUT2D eigenvalue weighted by molar-refractivity contribution is 0.177. The zero-order valence-corrected chi connectivity index (χ0v) is 12.0. The van der Waals surface area contributed by atoms with Crippen molar-refractivity contribution in [1.29, 1.82) is 0 Å². The average molecular weight is 290 g/mol. The van der Waals surface area contributed by atoms with Crippen molar-refractivity contribution in [2.24, 2.45) is 5.73 Å². The molecule has 1 aliphatic rings. The van der Waals surface area contributed by atoms with E-state index in [9.17, 15) is 8.42 Å². The molecular weight excluding hydrogens is 272 g/mol. The van der Waals surface area contributed by atoms with Gasteiger partial charge in [-0.05, 0) is 18.9 Å². The lowest BCUT2D eigenvalue weighted by Crippen LogP contribution is -2.35. The number of hydrogen-bond donors (Lipinski definition) is 1. The number of rotatable bonds is 7. The molecule has 0 atom stereocenters. The molecule has 7 heteroatoms. The number of sulfonamides is 1. The van der Waals surface area contributed by atoms with Crippen LogP contribution < -0.4 is 5.73 Å². The van der Waals surface area contributed by atoms with Gasteiger partial charge in [0.2, 0.25) is 10.0 Å². The van der Waals surface area contributed by atoms with E-state index in [1.54, 1.807) is 22.9 Å². The minimum absolute atomic E-state index is 0.145. The first-order chi connectivity index (χ1) is 8.59. The number of ether oxygens (including phenoxy) is 1. The maximum atomic E-state index is 12.5. The van der Waals surface area contributed by atoms with Crippen molar-refractivity contribution in [2.75, 3.05) is 20.3 Å². The SMILES string of the molecule is COCCN(C1CC1)S(=O)(=O)c1csc(CN)c1. The molecule has 1 saturated carbocycles. The van der Waals surface area contributed by atoms with E-state index in [1.165, 1.54) is 11.3 Å². The number of nitrogens with zero attached hydrogens (tertiary/aromatic N) is 1. The summed E-state index contributed by atoms with van der Waals surface area (Å²) in [6.07, 6.45) is 1.88. The van der Waals surface area contributed by atoms with Crippen LogP contribution in [-0.4, -0.2) is 39.0 Å². The molecule has 1 aromatic heterocycles. The molecular formula is C11H18N2O3S2. The molecule has 1 aromatic rings. The Labute approximate surface area is 112 Å². The molecule has 0 spiro atoms. The molecule has 0 saturated heterocycles. The van der Waals surface area contributed by atoms with Crippen molar-refractivity contribution in [1.82, 2.24) is 4.31 Å². The van der Waals surface area contributed by atoms with E-state index in [2.05, 4.69) is 0 Å². The second kappa shape index (κ2) is 5.66. The molecule has 0 unspecified atom stereocenters. The highest BCUT2D eigenvalue weighted by atomic mass is 32.2. The van der Waals surface area contributed by atoms with Gasteiger partial charge < -0.3 is 10.5 Å². The molecule has 0 radical (unpaired) electrons. The minimum atomic E-state index is -3.39. The topological polar surface area (TPSA) is 72.6 Å². The second-order valence-electron chi connectivity index (χ2n) is 4.29. The Morgan fingerprint density at radius 1 is 1.56 bits per heavy atom. The molecule has 5 nitrogen and oxygen atoms in total. The van der Waals surface area contributed by atoms with E-state index in [0.717, 1.165) is 17.7 Å². The van der Waals surface area contributed by atoms with Crippen LogP contribution in [-0.2, 0) is 21.3 Å². The van der Waals surface area contributed by atoms with Gasteiger partial charge in [0, 0.05) is 36.5 Å². The van der Waals surface area contributed by atoms with E-state index in [4.69, 9.17) is 10.5 Å². The zero-order valence-electron chi connectivity index (χ0n) is 10.3. The zero-order chi connectivity index (χ0) is 13.2. The van der Waals surface area contributed by atoms with Gasteiger partial charge in [-0.2, -0.15) is 4.31 Å². The molecule has 0 aromatic carbocycles. The summed E-state index contributed by atoms with van der Waals surface area (Å²) < 4.78 is 31.5. The molecule has 0 amide bonds. The predicted octanol–water partition coefficient (Wildman–Crippen LogP) is 1.01. The Hall–Kier alpha value is -0.470. The molecule has 1 fully saturated rings. The summed E-state index contributed by atoms with van der Waals surface area (Å²) in [5.74, 6) is 0. The van der Waals surface area contributed by atoms with Crippen LogP contribution in [0.3, 0.4) is 0 Å². The normalized spacial score (nSPS) is 16.4. The lowest BCUT2D eigenvalue weighted by atomic mass is 10.5. The summed E-state index contributed by atoms with van der Waals surface area (Å²) in [5.41, 5.74) is 5.52. The highest BCUT2D eigenvalue weighted by Crippen LogP contribution is 2.33. The Morgan fingerprint density at radius 3 is 2.78 bits per heavy atom. The molecule has 0 bridgehead atoms. The van der Waals surface area contributed by atoms with E-state index in [-0.39, 0.29) is 6.04 Å². The first-order valence-electron chi connectivity index (χ1n) is 5.88. The van der Waals surface area contributed by atoms with Crippen LogP contribution in [0.15, 0.2) is 16.3 Å². The van der Waals surface area contributed by atoms with E-state index in [0.29, 0.717) is 24.6 Å². The summed E-state index contributed by atoms with van der Waals surface area (Å²) in [5, 5.41) is 1.67. The smallest absolute Gasteiger partial charge is 0.244 e. The summed E-state index contributed by atoms with van der Waals surface area (Å²) >= 11 is 1.39. The lowest BCUT2D eigenvalue weighted by Gasteiger charge is -2.20. The number of hydrogen-bond acceptors (Lipinski definition) is 5. The fraction of sp³-hybridized carbons (Fsp3) is 0.636. The van der Waals surface area contributed by atoms with Gasteiger partial charge in [0.15, 0.2) is 0 Å². The standard InChI is InChI=1S/C11H18N2O3S2/c1-16-5-4-13(9-2-3-9)18(14,15)11-6-10(7-12)17-8-11/h6,8-9H,2-5,7,12H2,1H3. The van der Waals surface area contributed by atoms with Crippen LogP contribution in [0, 0.1) is 0 Å². The first-order valence-corrected chi connectivity index (χ1v) is 8.20. The van der Waals surface area contributed by atoms with Crippen LogP contribution in [0.5, 0.6) is 0 Å². The molecule has 2 N–H and O–H groups in total. The van der Waals surface area contributed by atoms with E-state index >= 15 is 0 Å². The van der Waals surface area contributed by atoms with Gasteiger partial charge in [-0.3, -0.25) is 0 Å². The van der Waals surface area contributed by atoms with Crippen molar-refractivity contribution in [2.45, 2.75) is 30.3 Å². The van der Waals surface area contributed by atoms with Crippen LogP contribution in [0.1, 0.15) is 17.7 Å². The maximum Gasteiger partial charge on any atom is 0.244 e. The van der Waals surface area contributed by atoms with Gasteiger partial charge in [0.05, 0.1) is 11.5 Å². The Balaban J connectivity index is 2.21. The summed E-state index contributed by atoms with van der Waals surface area (Å²) in [4.78, 5) is 1.24. The highest BCUT2D eigenvalue weighted by molar-refractivity contribution is 7.89. The predicted molar refractivity (Wildman–Crippen MR) is 71.0 cm³/mol. The molecule has 102 valence electrons. The van der Waals surface area contributed by atoms with Crippen LogP contribution in [0.4, 0.5) is 0 Å². The van der Waals surface area contributed by atoms with E-state index in [1.807, 2.05) is 0 Å². The van der Waals surface area contributed by atoms with Crippen LogP contribution in [0.25, 0.3) is 0 Å². The minimum Gasteiger partial charge on any atom is -0.383 e. The highest BCUT2D eigenvalue weighted by Gasteiger charge is 2.38. The number of nitrogens with two attached hydrogens (primary N) is 1. The van der Waals surface area contributed by atoms with Gasteiger partial charge in [0.1, 0.15) is 0 Å². The largest absolute Gasteiger partial charge is 0.383 e. The average Bonchev–Trinajstić information content (AvgIpc) is 3.05. The quantitative estimate of drug-likeness (QED) is 0.813. The van der Waals surface area contributed by atoms with Crippen molar-refractivity contribution in [3.63, 3.8) is 0 Å². The molecule has 18 heavy (non-hydrogen) atoms. The van der Waals surface area contributed by atoms with Gasteiger partial charge in [-0.25, -0.2) is 8.42 Å². The first kappa shape index (κ1) is 14.0. The van der Waals surface area contributed by atoms with Crippen molar-refractivity contribution in [3.8, 4) is 0 Å². The Morgan fingerprint density at radius 2 is 2.28 bits per heavy atom. The molecule has 1 aliphatic carbocycles. The van der Waals surface area contributed by atoms with Gasteiger partial charge in [-0.1, -0.05) is 0 Å². The third kappa shape index (κ3) is 2.92. The van der Waals surface area contributed by atoms with E-state index < -0.39 is 10.0 Å². The summed E-state index contributed by atoms with van der Waals surface area (Å²) in [6, 6.07) is 1.81. The third-order valence-corrected chi connectivity index (χ3v) is 5.95. The van der Waals surface area contributed by atoms with Crippen LogP contribution in [0.2, 0.25) is 0 Å². The summed E-state index contributed by atoms with van der Waals surface area (Å²) in [7, 11) is -1.81. The fourth-order valence-corrected chi connectivity index (χ4v) is 4.59. The molecule has 1 heterocycles. The maximum absolute atomic E-state index is 12.5. The number of thiophene rings is 1. The third-order valence-electron chi connectivity index (χ3n) is 2.91. The monoisotopic (exact) mass is 290 g/mol. The van der Waals surface area contributed by atoms with Crippen molar-refractivity contribution in [3.05, 3.63) is 16.3 Å². The van der Waals surface area contributed by atoms with Gasteiger partial charge in [0.25, 0.3) is 0 Å². The van der Waals surface area contributed by atoms with Gasteiger partial charge >= 0.3 is 0 Å². The summed E-state index contributed by atoms with van der Waals surface area (Å²) in [6.45, 7) is 1.21. The Bertz CT molecular complexity index is 494. The molecule has 0 aliphatic heterocycles. The molecule has 2 rings (SSSR count). The fourth-order valence-electron chi connectivity index (χ4n) is 1.78. The van der Waals surface area contributed by atoms with Crippen molar-refractivity contribution < 1.29 is 13.2 Å².